The molecule has 0 spiro atoms. The second kappa shape index (κ2) is 6.14. The van der Waals surface area contributed by atoms with Gasteiger partial charge in [0.05, 0.1) is 0 Å². The van der Waals surface area contributed by atoms with Crippen LogP contribution >= 0.6 is 15.9 Å². The Kier molecular flexibility index (Phi) is 4.52. The normalized spacial score (nSPS) is 11.0. The summed E-state index contributed by atoms with van der Waals surface area (Å²) in [5.41, 5.74) is 0.834. The maximum Gasteiger partial charge on any atom is 0.165 e. The van der Waals surface area contributed by atoms with Crippen LogP contribution < -0.4 is 4.74 Å². The Morgan fingerprint density at radius 2 is 2.16 bits per heavy atom. The van der Waals surface area contributed by atoms with Crippen LogP contribution in [0.2, 0.25) is 0 Å². The van der Waals surface area contributed by atoms with Crippen molar-refractivity contribution in [3.05, 3.63) is 41.7 Å². The third kappa shape index (κ3) is 3.53. The summed E-state index contributed by atoms with van der Waals surface area (Å²) in [6.07, 6.45) is 1.49. The van der Waals surface area contributed by atoms with Gasteiger partial charge in [-0.25, -0.2) is 14.1 Å². The molecule has 0 unspecified atom stereocenters. The summed E-state index contributed by atoms with van der Waals surface area (Å²) in [6.45, 7) is 4.30. The molecule has 1 aromatic heterocycles. The van der Waals surface area contributed by atoms with Crippen LogP contribution in [-0.4, -0.2) is 14.8 Å². The van der Waals surface area contributed by atoms with E-state index in [2.05, 4.69) is 26.0 Å². The van der Waals surface area contributed by atoms with Crippen LogP contribution in [0.1, 0.15) is 31.3 Å². The Bertz CT molecular complexity index is 557. The lowest BCUT2D eigenvalue weighted by Gasteiger charge is -2.11. The molecule has 0 aliphatic heterocycles. The molecule has 0 radical (unpaired) electrons. The molecule has 0 aliphatic rings. The molecular weight excluding hydrogens is 313 g/mol. The molecule has 1 aromatic carbocycles. The Hall–Kier alpha value is -1.43. The summed E-state index contributed by atoms with van der Waals surface area (Å²) < 4.78 is 20.7. The van der Waals surface area contributed by atoms with E-state index in [4.69, 9.17) is 4.74 Å². The molecular formula is C13H15BrFN3O. The van der Waals surface area contributed by atoms with Gasteiger partial charge in [0, 0.05) is 17.4 Å². The number of benzene rings is 1. The zero-order valence-corrected chi connectivity index (χ0v) is 12.4. The molecule has 1 heterocycles. The first-order valence-corrected chi connectivity index (χ1v) is 7.09. The van der Waals surface area contributed by atoms with E-state index in [1.807, 2.05) is 13.8 Å². The maximum absolute atomic E-state index is 13.4. The highest BCUT2D eigenvalue weighted by molar-refractivity contribution is 9.08. The van der Waals surface area contributed by atoms with E-state index in [1.54, 1.807) is 10.7 Å². The lowest BCUT2D eigenvalue weighted by Crippen LogP contribution is -2.10. The number of hydrogen-bond acceptors (Lipinski definition) is 3. The average molecular weight is 328 g/mol. The lowest BCUT2D eigenvalue weighted by atomic mass is 10.2. The first-order valence-electron chi connectivity index (χ1n) is 5.96. The molecule has 0 fully saturated rings. The van der Waals surface area contributed by atoms with Crippen molar-refractivity contribution < 1.29 is 9.13 Å². The first-order chi connectivity index (χ1) is 9.10. The highest BCUT2D eigenvalue weighted by Crippen LogP contribution is 2.19. The van der Waals surface area contributed by atoms with Crippen LogP contribution in [0, 0.1) is 5.82 Å². The van der Waals surface area contributed by atoms with Crippen LogP contribution in [-0.2, 0) is 11.9 Å². The van der Waals surface area contributed by atoms with Gasteiger partial charge >= 0.3 is 0 Å². The average Bonchev–Trinajstić information content (AvgIpc) is 2.84. The number of halogens is 2. The number of alkyl halides is 1. The van der Waals surface area contributed by atoms with E-state index in [-0.39, 0.29) is 18.5 Å². The Morgan fingerprint density at radius 3 is 2.84 bits per heavy atom. The third-order valence-corrected chi connectivity index (χ3v) is 3.24. The van der Waals surface area contributed by atoms with E-state index in [1.165, 1.54) is 18.5 Å². The zero-order chi connectivity index (χ0) is 13.8. The predicted molar refractivity (Wildman–Crippen MR) is 73.8 cm³/mol. The molecule has 2 aromatic rings. The van der Waals surface area contributed by atoms with Gasteiger partial charge < -0.3 is 4.74 Å². The van der Waals surface area contributed by atoms with Crippen LogP contribution in [0.5, 0.6) is 5.75 Å². The highest BCUT2D eigenvalue weighted by atomic mass is 79.9. The molecule has 0 bridgehead atoms. The van der Waals surface area contributed by atoms with Gasteiger partial charge in [0.25, 0.3) is 0 Å². The van der Waals surface area contributed by atoms with Crippen molar-refractivity contribution in [1.29, 1.82) is 0 Å². The van der Waals surface area contributed by atoms with E-state index in [0.29, 0.717) is 11.1 Å². The minimum atomic E-state index is -0.308. The van der Waals surface area contributed by atoms with Gasteiger partial charge in [0.15, 0.2) is 5.82 Å². The zero-order valence-electron chi connectivity index (χ0n) is 10.8. The van der Waals surface area contributed by atoms with Gasteiger partial charge in [-0.1, -0.05) is 15.9 Å². The molecule has 0 saturated carbocycles. The van der Waals surface area contributed by atoms with E-state index in [9.17, 15) is 4.39 Å². The van der Waals surface area contributed by atoms with E-state index >= 15 is 0 Å². The summed E-state index contributed by atoms with van der Waals surface area (Å²) >= 11 is 3.30. The highest BCUT2D eigenvalue weighted by Gasteiger charge is 2.09. The molecule has 2 rings (SSSR count). The molecule has 19 heavy (non-hydrogen) atoms. The second-order valence-electron chi connectivity index (χ2n) is 4.43. The quantitative estimate of drug-likeness (QED) is 0.789. The molecule has 6 heteroatoms. The minimum absolute atomic E-state index is 0.215. The summed E-state index contributed by atoms with van der Waals surface area (Å²) in [4.78, 5) is 4.14. The summed E-state index contributed by atoms with van der Waals surface area (Å²) in [5.74, 6) is 0.907. The number of ether oxygens (including phenoxy) is 1. The van der Waals surface area contributed by atoms with Gasteiger partial charge in [0.1, 0.15) is 24.5 Å². The molecule has 0 amide bonds. The molecule has 0 atom stereocenters. The van der Waals surface area contributed by atoms with Crippen molar-refractivity contribution in [2.45, 2.75) is 31.8 Å². The third-order valence-electron chi connectivity index (χ3n) is 2.59. The molecule has 0 aliphatic carbocycles. The van der Waals surface area contributed by atoms with Crippen molar-refractivity contribution >= 4 is 15.9 Å². The molecule has 0 saturated heterocycles. The minimum Gasteiger partial charge on any atom is -0.486 e. The summed E-state index contributed by atoms with van der Waals surface area (Å²) in [7, 11) is 0. The maximum atomic E-state index is 13.4. The van der Waals surface area contributed by atoms with Crippen molar-refractivity contribution in [2.24, 2.45) is 0 Å². The van der Waals surface area contributed by atoms with Crippen molar-refractivity contribution in [3.8, 4) is 5.75 Å². The van der Waals surface area contributed by atoms with Gasteiger partial charge in [-0.05, 0) is 31.5 Å². The smallest absolute Gasteiger partial charge is 0.165 e. The topological polar surface area (TPSA) is 39.9 Å². The SMILES string of the molecule is CC(C)n1ncnc1COc1cc(F)cc(CBr)c1. The van der Waals surface area contributed by atoms with Crippen molar-refractivity contribution in [3.63, 3.8) is 0 Å². The fourth-order valence-corrected chi connectivity index (χ4v) is 2.06. The van der Waals surface area contributed by atoms with Crippen LogP contribution in [0.4, 0.5) is 4.39 Å². The summed E-state index contributed by atoms with van der Waals surface area (Å²) in [6, 6.07) is 4.85. The van der Waals surface area contributed by atoms with Gasteiger partial charge in [-0.3, -0.25) is 0 Å². The fourth-order valence-electron chi connectivity index (χ4n) is 1.74. The first kappa shape index (κ1) is 14.0. The standard InChI is InChI=1S/C13H15BrFN3O/c1-9(2)18-13(16-8-17-18)7-19-12-4-10(6-14)3-11(15)5-12/h3-5,8-9H,6-7H2,1-2H3. The second-order valence-corrected chi connectivity index (χ2v) is 4.99. The van der Waals surface area contributed by atoms with Crippen LogP contribution in [0.25, 0.3) is 0 Å². The largest absolute Gasteiger partial charge is 0.486 e. The summed E-state index contributed by atoms with van der Waals surface area (Å²) in [5, 5.41) is 4.71. The van der Waals surface area contributed by atoms with Gasteiger partial charge in [-0.15, -0.1) is 0 Å². The molecule has 4 nitrogen and oxygen atoms in total. The lowest BCUT2D eigenvalue weighted by molar-refractivity contribution is 0.281. The number of nitrogens with zero attached hydrogens (tertiary/aromatic N) is 3. The Labute approximate surface area is 119 Å². The van der Waals surface area contributed by atoms with Crippen molar-refractivity contribution in [1.82, 2.24) is 14.8 Å². The van der Waals surface area contributed by atoms with Crippen molar-refractivity contribution in [2.75, 3.05) is 0 Å². The van der Waals surface area contributed by atoms with Crippen LogP contribution in [0.15, 0.2) is 24.5 Å². The Morgan fingerprint density at radius 1 is 1.37 bits per heavy atom. The number of hydrogen-bond donors (Lipinski definition) is 0. The fraction of sp³-hybridized carbons (Fsp3) is 0.385. The number of aromatic nitrogens is 3. The molecule has 102 valence electrons. The van der Waals surface area contributed by atoms with Gasteiger partial charge in [0.2, 0.25) is 0 Å². The predicted octanol–water partition coefficient (Wildman–Crippen LogP) is 3.47. The van der Waals surface area contributed by atoms with Crippen LogP contribution in [0.3, 0.4) is 0 Å². The Balaban J connectivity index is 2.10. The van der Waals surface area contributed by atoms with E-state index < -0.39 is 0 Å². The molecule has 0 N–H and O–H groups in total. The van der Waals surface area contributed by atoms with E-state index in [0.717, 1.165) is 11.4 Å². The number of rotatable bonds is 5. The van der Waals surface area contributed by atoms with Gasteiger partial charge in [-0.2, -0.15) is 5.10 Å². The monoisotopic (exact) mass is 327 g/mol.